The highest BCUT2D eigenvalue weighted by Gasteiger charge is 2.45. The SMILES string of the molecule is CC(C)C(=O)CCCCN1/C(=C/C=C2C=C(/C=C/C3=[N+](CCCCS(=O)(=O)[O-])c4ccc5ccccc5c4C3(C)C)CCC/2)C(C)(C)c2c1ccc1ccccc21. The summed E-state index contributed by atoms with van der Waals surface area (Å²) < 4.78 is 36.5. The predicted octanol–water partition coefficient (Wildman–Crippen LogP) is 11.4. The maximum Gasteiger partial charge on any atom is 0.210 e. The summed E-state index contributed by atoms with van der Waals surface area (Å²) in [4.78, 5) is 14.9. The molecule has 298 valence electrons. The Morgan fingerprint density at radius 3 is 2.19 bits per heavy atom. The Balaban J connectivity index is 1.20. The largest absolute Gasteiger partial charge is 0.748 e. The van der Waals surface area contributed by atoms with Gasteiger partial charge in [0.25, 0.3) is 0 Å². The van der Waals surface area contributed by atoms with Crippen molar-refractivity contribution in [2.75, 3.05) is 23.7 Å². The smallest absolute Gasteiger partial charge is 0.210 e. The Morgan fingerprint density at radius 2 is 1.49 bits per heavy atom. The average Bonchev–Trinajstić information content (AvgIpc) is 3.54. The molecule has 0 spiro atoms. The van der Waals surface area contributed by atoms with Crippen LogP contribution in [0.1, 0.15) is 104 Å². The van der Waals surface area contributed by atoms with Crippen molar-refractivity contribution in [3.8, 4) is 0 Å². The molecule has 0 radical (unpaired) electrons. The zero-order valence-corrected chi connectivity index (χ0v) is 35.4. The molecule has 0 aromatic heterocycles. The molecule has 0 unspecified atom stereocenters. The lowest BCUT2D eigenvalue weighted by molar-refractivity contribution is -0.438. The molecule has 2 aliphatic heterocycles. The normalized spacial score (nSPS) is 19.1. The molecule has 7 heteroatoms. The van der Waals surface area contributed by atoms with Gasteiger partial charge in [0.1, 0.15) is 12.3 Å². The van der Waals surface area contributed by atoms with Crippen LogP contribution in [0.3, 0.4) is 0 Å². The number of unbranched alkanes of at least 4 members (excludes halogenated alkanes) is 2. The Labute approximate surface area is 340 Å². The minimum Gasteiger partial charge on any atom is -0.748 e. The van der Waals surface area contributed by atoms with E-state index in [1.54, 1.807) is 0 Å². The molecule has 57 heavy (non-hydrogen) atoms. The van der Waals surface area contributed by atoms with E-state index in [2.05, 4.69) is 140 Å². The third-order valence-electron chi connectivity index (χ3n) is 12.4. The van der Waals surface area contributed by atoms with Crippen LogP contribution >= 0.6 is 0 Å². The zero-order valence-electron chi connectivity index (χ0n) is 34.6. The lowest BCUT2D eigenvalue weighted by atomic mass is 9.79. The zero-order chi connectivity index (χ0) is 40.5. The highest BCUT2D eigenvalue weighted by Crippen LogP contribution is 2.51. The van der Waals surface area contributed by atoms with Gasteiger partial charge in [0.15, 0.2) is 5.71 Å². The standard InChI is InChI=1S/C50H58N2O4S/c1-35(2)44(53)22-11-12-31-51-42-27-25-38-18-7-9-20-40(38)47(42)49(3,4)45(51)29-23-36-16-15-17-37(34-36)24-30-46-50(5,6)48-41-21-10-8-19-39(41)26-28-43(48)52(46)32-13-14-33-57(54,55)56/h7-10,18-21,23-30,34-35H,11-17,22,31-33H2,1-6H3. The van der Waals surface area contributed by atoms with Crippen LogP contribution < -0.4 is 4.90 Å². The molecule has 0 atom stereocenters. The van der Waals surface area contributed by atoms with Gasteiger partial charge in [-0.1, -0.05) is 101 Å². The number of rotatable bonds is 14. The number of anilines is 1. The van der Waals surface area contributed by atoms with Crippen LogP contribution in [0.2, 0.25) is 0 Å². The second-order valence-electron chi connectivity index (χ2n) is 17.5. The summed E-state index contributed by atoms with van der Waals surface area (Å²) in [7, 11) is -4.25. The first kappa shape index (κ1) is 40.6. The van der Waals surface area contributed by atoms with Crippen molar-refractivity contribution in [3.05, 3.63) is 131 Å². The van der Waals surface area contributed by atoms with Crippen molar-refractivity contribution in [2.45, 2.75) is 104 Å². The number of fused-ring (bicyclic) bond motifs is 6. The van der Waals surface area contributed by atoms with Crippen molar-refractivity contribution in [1.29, 1.82) is 0 Å². The highest BCUT2D eigenvalue weighted by molar-refractivity contribution is 7.85. The van der Waals surface area contributed by atoms with Gasteiger partial charge in [-0.15, -0.1) is 0 Å². The first-order chi connectivity index (χ1) is 27.2. The van der Waals surface area contributed by atoms with E-state index < -0.39 is 10.1 Å². The molecule has 0 bridgehead atoms. The summed E-state index contributed by atoms with van der Waals surface area (Å²) in [5, 5.41) is 4.99. The Bertz CT molecular complexity index is 2480. The summed E-state index contributed by atoms with van der Waals surface area (Å²) in [6, 6.07) is 26.1. The Hall–Kier alpha value is -4.59. The number of carbonyl (C=O) groups is 1. The molecule has 4 aromatic carbocycles. The van der Waals surface area contributed by atoms with E-state index in [4.69, 9.17) is 0 Å². The monoisotopic (exact) mass is 782 g/mol. The second kappa shape index (κ2) is 16.3. The number of Topliss-reactive ketones (excluding diaryl/α,β-unsaturated/α-hetero) is 1. The van der Waals surface area contributed by atoms with Gasteiger partial charge < -0.3 is 9.45 Å². The number of allylic oxidation sites excluding steroid dienone is 8. The van der Waals surface area contributed by atoms with Gasteiger partial charge in [-0.3, -0.25) is 4.79 Å². The fourth-order valence-corrected chi connectivity index (χ4v) is 10.0. The molecular formula is C50H58N2O4S. The molecule has 2 heterocycles. The van der Waals surface area contributed by atoms with E-state index in [9.17, 15) is 17.8 Å². The van der Waals surface area contributed by atoms with Crippen LogP contribution in [0.25, 0.3) is 21.5 Å². The van der Waals surface area contributed by atoms with Gasteiger partial charge in [-0.2, -0.15) is 4.58 Å². The van der Waals surface area contributed by atoms with E-state index in [0.717, 1.165) is 44.3 Å². The lowest BCUT2D eigenvalue weighted by Gasteiger charge is -2.27. The predicted molar refractivity (Wildman–Crippen MR) is 236 cm³/mol. The van der Waals surface area contributed by atoms with Crippen LogP contribution in [-0.4, -0.2) is 47.9 Å². The molecule has 1 aliphatic carbocycles. The van der Waals surface area contributed by atoms with Crippen molar-refractivity contribution in [1.82, 2.24) is 0 Å². The first-order valence-electron chi connectivity index (χ1n) is 20.9. The van der Waals surface area contributed by atoms with E-state index >= 15 is 0 Å². The minimum absolute atomic E-state index is 0.0792. The number of carbonyl (C=O) groups excluding carboxylic acids is 1. The quantitative estimate of drug-likeness (QED) is 0.0723. The third-order valence-corrected chi connectivity index (χ3v) is 13.2. The van der Waals surface area contributed by atoms with Crippen LogP contribution in [0.4, 0.5) is 11.4 Å². The molecule has 6 nitrogen and oxygen atoms in total. The molecular weight excluding hydrogens is 725 g/mol. The molecule has 0 N–H and O–H groups in total. The van der Waals surface area contributed by atoms with E-state index in [1.807, 2.05) is 13.8 Å². The van der Waals surface area contributed by atoms with Crippen molar-refractivity contribution < 1.29 is 22.3 Å². The van der Waals surface area contributed by atoms with E-state index in [0.29, 0.717) is 31.6 Å². The highest BCUT2D eigenvalue weighted by atomic mass is 32.2. The van der Waals surface area contributed by atoms with Crippen LogP contribution in [0.15, 0.2) is 120 Å². The number of hydrogen-bond donors (Lipinski definition) is 0. The molecule has 0 fully saturated rings. The maximum absolute atomic E-state index is 12.4. The molecule has 4 aromatic rings. The molecule has 0 saturated carbocycles. The van der Waals surface area contributed by atoms with Crippen LogP contribution in [0, 0.1) is 5.92 Å². The molecule has 7 rings (SSSR count). The van der Waals surface area contributed by atoms with Gasteiger partial charge in [-0.25, -0.2) is 8.42 Å². The Morgan fingerprint density at radius 1 is 0.807 bits per heavy atom. The second-order valence-corrected chi connectivity index (χ2v) is 19.1. The summed E-state index contributed by atoms with van der Waals surface area (Å²) in [5.41, 5.74) is 9.67. The van der Waals surface area contributed by atoms with E-state index in [1.165, 1.54) is 60.9 Å². The third kappa shape index (κ3) is 8.38. The summed E-state index contributed by atoms with van der Waals surface area (Å²) >= 11 is 0. The molecule has 0 amide bonds. The van der Waals surface area contributed by atoms with Crippen molar-refractivity contribution >= 4 is 54.5 Å². The first-order valence-corrected chi connectivity index (χ1v) is 22.5. The van der Waals surface area contributed by atoms with Gasteiger partial charge >= 0.3 is 0 Å². The maximum atomic E-state index is 12.4. The Kier molecular flexibility index (Phi) is 11.6. The fourth-order valence-electron chi connectivity index (χ4n) is 9.47. The average molecular weight is 783 g/mol. The molecule has 3 aliphatic rings. The minimum atomic E-state index is -4.25. The van der Waals surface area contributed by atoms with Crippen LogP contribution in [0.5, 0.6) is 0 Å². The topological polar surface area (TPSA) is 80.5 Å². The van der Waals surface area contributed by atoms with Gasteiger partial charge in [0.2, 0.25) is 5.69 Å². The molecule has 0 saturated heterocycles. The van der Waals surface area contributed by atoms with Crippen molar-refractivity contribution in [2.24, 2.45) is 5.92 Å². The lowest BCUT2D eigenvalue weighted by Crippen LogP contribution is -2.28. The van der Waals surface area contributed by atoms with Gasteiger partial charge in [-0.05, 0) is 109 Å². The van der Waals surface area contributed by atoms with Crippen LogP contribution in [-0.2, 0) is 25.7 Å². The van der Waals surface area contributed by atoms with Gasteiger partial charge in [0, 0.05) is 65.6 Å². The fraction of sp³-hybridized carbons (Fsp3) is 0.400. The summed E-state index contributed by atoms with van der Waals surface area (Å²) in [5.74, 6) is 0.0805. The van der Waals surface area contributed by atoms with E-state index in [-0.39, 0.29) is 22.5 Å². The summed E-state index contributed by atoms with van der Waals surface area (Å²) in [6.07, 6.45) is 18.1. The number of ketones is 1. The van der Waals surface area contributed by atoms with Gasteiger partial charge in [0.05, 0.1) is 15.5 Å². The summed E-state index contributed by atoms with van der Waals surface area (Å²) in [6.45, 7) is 14.8. The number of nitrogens with zero attached hydrogens (tertiary/aromatic N) is 2. The number of hydrogen-bond acceptors (Lipinski definition) is 5. The van der Waals surface area contributed by atoms with Crippen molar-refractivity contribution in [3.63, 3.8) is 0 Å². The number of benzene rings is 4.